The first kappa shape index (κ1) is 14.3. The number of halogens is 3. The van der Waals surface area contributed by atoms with Gasteiger partial charge in [-0.25, -0.2) is 4.39 Å². The van der Waals surface area contributed by atoms with Crippen LogP contribution in [0.15, 0.2) is 46.9 Å². The number of anilines is 1. The van der Waals surface area contributed by atoms with Crippen molar-refractivity contribution in [3.05, 3.63) is 63.3 Å². The Morgan fingerprint density at radius 3 is 2.63 bits per heavy atom. The Hall–Kier alpha value is -1.10. The second-order valence-electron chi connectivity index (χ2n) is 4.08. The molecule has 0 fully saturated rings. The molecule has 2 aromatic carbocycles. The van der Waals surface area contributed by atoms with Gasteiger partial charge in [-0.1, -0.05) is 29.8 Å². The SMILES string of the molecule is NCC(Nc1ccc(Br)c(Cl)c1)c1ccccc1F. The second kappa shape index (κ2) is 6.37. The van der Waals surface area contributed by atoms with Crippen molar-refractivity contribution in [2.45, 2.75) is 6.04 Å². The van der Waals surface area contributed by atoms with Crippen LogP contribution in [0, 0.1) is 5.82 Å². The molecular weight excluding hydrogens is 331 g/mol. The molecule has 0 saturated carbocycles. The van der Waals surface area contributed by atoms with E-state index in [0.29, 0.717) is 10.6 Å². The van der Waals surface area contributed by atoms with E-state index in [0.717, 1.165) is 10.2 Å². The largest absolute Gasteiger partial charge is 0.377 e. The highest BCUT2D eigenvalue weighted by Crippen LogP contribution is 2.28. The summed E-state index contributed by atoms with van der Waals surface area (Å²) in [4.78, 5) is 0. The predicted octanol–water partition coefficient (Wildman–Crippen LogP) is 4.35. The van der Waals surface area contributed by atoms with Gasteiger partial charge in [-0.2, -0.15) is 0 Å². The molecule has 100 valence electrons. The third kappa shape index (κ3) is 3.47. The normalized spacial score (nSPS) is 12.2. The fourth-order valence-corrected chi connectivity index (χ4v) is 2.24. The van der Waals surface area contributed by atoms with Gasteiger partial charge >= 0.3 is 0 Å². The van der Waals surface area contributed by atoms with Crippen LogP contribution in [0.3, 0.4) is 0 Å². The third-order valence-electron chi connectivity index (χ3n) is 2.78. The Kier molecular flexibility index (Phi) is 4.80. The Labute approximate surface area is 124 Å². The highest BCUT2D eigenvalue weighted by molar-refractivity contribution is 9.10. The number of hydrogen-bond acceptors (Lipinski definition) is 2. The fourth-order valence-electron chi connectivity index (χ4n) is 1.81. The summed E-state index contributed by atoms with van der Waals surface area (Å²) >= 11 is 9.35. The van der Waals surface area contributed by atoms with Gasteiger partial charge in [-0.15, -0.1) is 0 Å². The van der Waals surface area contributed by atoms with E-state index in [1.165, 1.54) is 6.07 Å². The minimum Gasteiger partial charge on any atom is -0.377 e. The lowest BCUT2D eigenvalue weighted by Crippen LogP contribution is -2.21. The quantitative estimate of drug-likeness (QED) is 0.866. The molecule has 0 spiro atoms. The van der Waals surface area contributed by atoms with E-state index in [2.05, 4.69) is 21.2 Å². The molecule has 5 heteroatoms. The Balaban J connectivity index is 2.24. The predicted molar refractivity (Wildman–Crippen MR) is 81.0 cm³/mol. The first-order valence-corrected chi connectivity index (χ1v) is 6.95. The van der Waals surface area contributed by atoms with E-state index in [-0.39, 0.29) is 18.4 Å². The van der Waals surface area contributed by atoms with Gasteiger partial charge < -0.3 is 11.1 Å². The molecule has 3 N–H and O–H groups in total. The summed E-state index contributed by atoms with van der Waals surface area (Å²) in [5, 5.41) is 3.78. The number of nitrogens with two attached hydrogens (primary N) is 1. The molecule has 0 aliphatic heterocycles. The summed E-state index contributed by atoms with van der Waals surface area (Å²) in [6, 6.07) is 11.8. The lowest BCUT2D eigenvalue weighted by atomic mass is 10.1. The van der Waals surface area contributed by atoms with Gasteiger partial charge in [0.25, 0.3) is 0 Å². The lowest BCUT2D eigenvalue weighted by Gasteiger charge is -2.19. The molecule has 0 saturated heterocycles. The zero-order chi connectivity index (χ0) is 13.8. The molecule has 0 radical (unpaired) electrons. The van der Waals surface area contributed by atoms with Gasteiger partial charge in [0.1, 0.15) is 5.82 Å². The number of benzene rings is 2. The molecule has 1 atom stereocenters. The molecule has 0 aromatic heterocycles. The van der Waals surface area contributed by atoms with Crippen molar-refractivity contribution in [3.63, 3.8) is 0 Å². The van der Waals surface area contributed by atoms with Gasteiger partial charge in [-0.3, -0.25) is 0 Å². The van der Waals surface area contributed by atoms with E-state index in [4.69, 9.17) is 17.3 Å². The van der Waals surface area contributed by atoms with Crippen molar-refractivity contribution in [3.8, 4) is 0 Å². The molecule has 0 aliphatic carbocycles. The molecule has 2 rings (SSSR count). The topological polar surface area (TPSA) is 38.0 Å². The highest BCUT2D eigenvalue weighted by atomic mass is 79.9. The zero-order valence-electron chi connectivity index (χ0n) is 10.0. The Morgan fingerprint density at radius 2 is 2.00 bits per heavy atom. The molecule has 2 aromatic rings. The summed E-state index contributed by atoms with van der Waals surface area (Å²) in [5.41, 5.74) is 7.06. The lowest BCUT2D eigenvalue weighted by molar-refractivity contribution is 0.593. The number of rotatable bonds is 4. The molecule has 1 unspecified atom stereocenters. The minimum atomic E-state index is -0.293. The van der Waals surface area contributed by atoms with Gasteiger partial charge in [-0.05, 0) is 40.2 Å². The maximum atomic E-state index is 13.7. The van der Waals surface area contributed by atoms with Crippen LogP contribution < -0.4 is 11.1 Å². The van der Waals surface area contributed by atoms with E-state index in [1.807, 2.05) is 12.1 Å². The van der Waals surface area contributed by atoms with Gasteiger partial charge in [0.15, 0.2) is 0 Å². The maximum Gasteiger partial charge on any atom is 0.128 e. The van der Waals surface area contributed by atoms with Gasteiger partial charge in [0.05, 0.1) is 11.1 Å². The molecule has 0 amide bonds. The minimum absolute atomic E-state index is 0.270. The van der Waals surface area contributed by atoms with Crippen LogP contribution in [0.5, 0.6) is 0 Å². The molecule has 0 bridgehead atoms. The fraction of sp³-hybridized carbons (Fsp3) is 0.143. The summed E-state index contributed by atoms with van der Waals surface area (Å²) in [6.45, 7) is 0.286. The molecular formula is C14H13BrClFN2. The number of nitrogens with one attached hydrogen (secondary N) is 1. The van der Waals surface area contributed by atoms with Crippen molar-refractivity contribution in [1.82, 2.24) is 0 Å². The summed E-state index contributed by atoms with van der Waals surface area (Å²) in [5.74, 6) is -0.270. The van der Waals surface area contributed by atoms with Gasteiger partial charge in [0, 0.05) is 22.3 Å². The number of hydrogen-bond donors (Lipinski definition) is 2. The molecule has 2 nitrogen and oxygen atoms in total. The van der Waals surface area contributed by atoms with Crippen LogP contribution in [0.4, 0.5) is 10.1 Å². The first-order chi connectivity index (χ1) is 9.11. The van der Waals surface area contributed by atoms with Crippen LogP contribution in [0.25, 0.3) is 0 Å². The summed E-state index contributed by atoms with van der Waals surface area (Å²) in [7, 11) is 0. The van der Waals surface area contributed by atoms with Crippen molar-refractivity contribution in [1.29, 1.82) is 0 Å². The maximum absolute atomic E-state index is 13.7. The Bertz CT molecular complexity index is 577. The standard InChI is InChI=1S/C14H13BrClFN2/c15-11-6-5-9(7-12(11)16)19-14(8-18)10-3-1-2-4-13(10)17/h1-7,14,19H,8,18H2. The van der Waals surface area contributed by atoms with Crippen LogP contribution in [0.1, 0.15) is 11.6 Å². The van der Waals surface area contributed by atoms with E-state index in [9.17, 15) is 4.39 Å². The van der Waals surface area contributed by atoms with E-state index in [1.54, 1.807) is 24.3 Å². The average Bonchev–Trinajstić information content (AvgIpc) is 2.41. The smallest absolute Gasteiger partial charge is 0.128 e. The molecule has 0 aliphatic rings. The molecule has 19 heavy (non-hydrogen) atoms. The monoisotopic (exact) mass is 342 g/mol. The first-order valence-electron chi connectivity index (χ1n) is 5.78. The molecule has 0 heterocycles. The zero-order valence-corrected chi connectivity index (χ0v) is 12.4. The second-order valence-corrected chi connectivity index (χ2v) is 5.34. The van der Waals surface area contributed by atoms with Crippen LogP contribution in [-0.2, 0) is 0 Å². The van der Waals surface area contributed by atoms with E-state index < -0.39 is 0 Å². The highest BCUT2D eigenvalue weighted by Gasteiger charge is 2.13. The van der Waals surface area contributed by atoms with Crippen molar-refractivity contribution in [2.75, 3.05) is 11.9 Å². The Morgan fingerprint density at radius 1 is 1.26 bits per heavy atom. The van der Waals surface area contributed by atoms with Crippen molar-refractivity contribution in [2.24, 2.45) is 5.73 Å². The van der Waals surface area contributed by atoms with Crippen molar-refractivity contribution < 1.29 is 4.39 Å². The van der Waals surface area contributed by atoms with Crippen LogP contribution in [0.2, 0.25) is 5.02 Å². The van der Waals surface area contributed by atoms with Crippen LogP contribution >= 0.6 is 27.5 Å². The van der Waals surface area contributed by atoms with Crippen LogP contribution in [-0.4, -0.2) is 6.54 Å². The third-order valence-corrected chi connectivity index (χ3v) is 4.01. The summed E-state index contributed by atoms with van der Waals surface area (Å²) in [6.07, 6.45) is 0. The van der Waals surface area contributed by atoms with Gasteiger partial charge in [0.2, 0.25) is 0 Å². The summed E-state index contributed by atoms with van der Waals surface area (Å²) < 4.78 is 14.6. The van der Waals surface area contributed by atoms with E-state index >= 15 is 0 Å². The van der Waals surface area contributed by atoms with Crippen molar-refractivity contribution >= 4 is 33.2 Å². The average molecular weight is 344 g/mol.